The van der Waals surface area contributed by atoms with Crippen LogP contribution in [0, 0.1) is 59.2 Å². The molecule has 15 aromatic rings. The average Bonchev–Trinajstić information content (AvgIpc) is 1.69. The summed E-state index contributed by atoms with van der Waals surface area (Å²) in [6, 6.07) is 17.2. The van der Waals surface area contributed by atoms with E-state index in [-0.39, 0.29) is 0 Å². The van der Waals surface area contributed by atoms with E-state index in [9.17, 15) is 0 Å². The number of thiazole rings is 2. The zero-order chi connectivity index (χ0) is 104. The third-order valence-electron chi connectivity index (χ3n) is 7.60. The number of imidazole rings is 4. The second kappa shape index (κ2) is 138. The van der Waals surface area contributed by atoms with Crippen molar-refractivity contribution in [1.29, 1.82) is 0 Å². The van der Waals surface area contributed by atoms with Crippen molar-refractivity contribution in [3.63, 3.8) is 0 Å². The van der Waals surface area contributed by atoms with Crippen LogP contribution in [0.1, 0.15) is 346 Å². The molecule has 0 aliphatic carbocycles. The van der Waals surface area contributed by atoms with E-state index in [4.69, 9.17) is 0 Å². The number of hydrogen-bond acceptors (Lipinski definition) is 22. The van der Waals surface area contributed by atoms with E-state index in [1.54, 1.807) is 125 Å². The van der Waals surface area contributed by atoms with Gasteiger partial charge in [0.2, 0.25) is 5.78 Å². The molecule has 0 bridgehead atoms. The fraction of sp³-hybridized carbons (Fsp3) is 0.577. The van der Waals surface area contributed by atoms with Crippen molar-refractivity contribution in [3.8, 4) is 0 Å². The molecule has 0 atom stereocenters. The number of nitrogens with zero attached hydrogens (tertiary/aromatic N) is 20. The van der Waals surface area contributed by atoms with E-state index in [0.717, 1.165) is 92.2 Å². The molecule has 0 N–H and O–H groups in total. The zero-order valence-corrected chi connectivity index (χ0v) is 96.2. The first-order valence-electron chi connectivity index (χ1n) is 47.3. The monoisotopic (exact) mass is 1900 g/mol. The Kier molecular flexibility index (Phi) is 165. The quantitative estimate of drug-likeness (QED) is 0.137. The summed E-state index contributed by atoms with van der Waals surface area (Å²) in [5.74, 6) is 9.08. The fourth-order valence-electron chi connectivity index (χ4n) is 4.66. The van der Waals surface area contributed by atoms with Crippen molar-refractivity contribution in [3.05, 3.63) is 229 Å². The van der Waals surface area contributed by atoms with Gasteiger partial charge in [0.05, 0.1) is 11.7 Å². The van der Waals surface area contributed by atoms with Gasteiger partial charge >= 0.3 is 0 Å². The molecule has 130 heavy (non-hydrogen) atoms. The molecule has 0 spiro atoms. The normalized spacial score (nSPS) is 8.31. The summed E-state index contributed by atoms with van der Waals surface area (Å²) in [4.78, 5) is 39.9. The summed E-state index contributed by atoms with van der Waals surface area (Å²) in [6.07, 6.45) is 39.2. The third kappa shape index (κ3) is 163. The molecular formula is C104H198N20OS5. The summed E-state index contributed by atoms with van der Waals surface area (Å²) in [5.41, 5.74) is 10.3. The Bertz CT molecular complexity index is 3250. The van der Waals surface area contributed by atoms with Crippen LogP contribution >= 0.6 is 57.1 Å². The highest BCUT2D eigenvalue weighted by atomic mass is 32.1. The molecule has 0 aliphatic rings. The van der Waals surface area contributed by atoms with Gasteiger partial charge in [-0.25, -0.2) is 38.9 Å². The van der Waals surface area contributed by atoms with Crippen LogP contribution in [0.5, 0.6) is 0 Å². The molecule has 14 aromatic heterocycles. The molecule has 26 heteroatoms. The maximum atomic E-state index is 4.46. The van der Waals surface area contributed by atoms with Gasteiger partial charge in [-0.05, 0) is 129 Å². The van der Waals surface area contributed by atoms with Crippen LogP contribution in [-0.2, 0) is 0 Å². The fourth-order valence-corrected chi connectivity index (χ4v) is 6.59. The lowest BCUT2D eigenvalue weighted by molar-refractivity contribution is 0.315. The second-order valence-electron chi connectivity index (χ2n) is 29.4. The lowest BCUT2D eigenvalue weighted by atomic mass is 10.3. The first-order valence-corrected chi connectivity index (χ1v) is 51.7. The Morgan fingerprint density at radius 1 is 0.254 bits per heavy atom. The van der Waals surface area contributed by atoms with Gasteiger partial charge in [-0.3, -0.25) is 28.7 Å². The number of benzene rings is 1. The van der Waals surface area contributed by atoms with E-state index in [1.807, 2.05) is 276 Å². The van der Waals surface area contributed by atoms with Gasteiger partial charge in [0.1, 0.15) is 39.5 Å². The molecule has 1 aromatic carbocycles. The number of pyridine rings is 1. The van der Waals surface area contributed by atoms with Crippen LogP contribution < -0.4 is 0 Å². The van der Waals surface area contributed by atoms with Gasteiger partial charge in [0, 0.05) is 140 Å². The number of fused-ring (bicyclic) bond motifs is 5. The average molecular weight is 1910 g/mol. The van der Waals surface area contributed by atoms with Gasteiger partial charge in [-0.15, -0.1) is 44.2 Å². The van der Waals surface area contributed by atoms with Crippen molar-refractivity contribution < 1.29 is 4.63 Å². The van der Waals surface area contributed by atoms with Crippen molar-refractivity contribution in [2.24, 2.45) is 59.2 Å². The standard InChI is InChI=1S/C7H6N2.2C6H5N3.C6H4N2O.C5H4N2S.C4H4N2.10C4H10.2C3H3NS.2C2H2N2S.10C2H6/c1-2-5-9-6-4-8-7(9)3-1;1-3-9-4-2-8-6(9)5-7-1;1-2-7-6-8-3-5-9(6)4-1;1-2-4-6-5(3-1)7-9-8-6;1-2-7-3-4-8-5(7)6-1;1-2-6-4-3-5-1;10*1-4(2)3;1-2-5-3-4-1;1-2-4-5-3-1;1-3-4-2-5-1;1-3-2-5-4-1;10*1-2/h1-6H;2*1-5H;1-4H;1-4H;1-4H;10*4H,1-3H3;2*1-3H;2*1-2H;10*1-2H3. The van der Waals surface area contributed by atoms with Crippen LogP contribution in [0.15, 0.2) is 234 Å². The highest BCUT2D eigenvalue weighted by molar-refractivity contribution is 7.15. The van der Waals surface area contributed by atoms with E-state index < -0.39 is 0 Å². The Hall–Kier alpha value is -8.82. The van der Waals surface area contributed by atoms with Crippen molar-refractivity contribution in [2.75, 3.05) is 0 Å². The maximum Gasteiger partial charge on any atom is 0.233 e. The van der Waals surface area contributed by atoms with E-state index in [0.29, 0.717) is 0 Å². The molecule has 0 unspecified atom stereocenters. The Balaban J connectivity index is -0.0000000822. The minimum atomic E-state index is 0.748. The van der Waals surface area contributed by atoms with Gasteiger partial charge < -0.3 is 8.80 Å². The second-order valence-corrected chi connectivity index (χ2v) is 33.1. The summed E-state index contributed by atoms with van der Waals surface area (Å²) >= 11 is 7.55. The van der Waals surface area contributed by atoms with E-state index in [1.165, 1.54) is 40.7 Å². The smallest absolute Gasteiger partial charge is 0.233 e. The van der Waals surface area contributed by atoms with Crippen LogP contribution in [0.3, 0.4) is 0 Å². The molecule has 0 radical (unpaired) electrons. The van der Waals surface area contributed by atoms with Crippen molar-refractivity contribution in [2.45, 2.75) is 346 Å². The molecule has 21 nitrogen and oxygen atoms in total. The SMILES string of the molecule is CC.CC.CC.CC.CC.CC.CC.CC.CC.CC.CC(C)C.CC(C)C.CC(C)C.CC(C)C.CC(C)C.CC(C)C.CC(C)C.CC(C)C.CC(C)C.CC(C)C.c1ccc2nonc2c1.c1ccn2ccnc2c1.c1cn2ccnc2cn1.c1cn2ccsc2n1.c1cnc2nccn2c1.c1cnccn1.c1cnsc1.c1cscn1.c1ncsn1.c1nncs1. The largest absolute Gasteiger partial charge is 0.307 e. The van der Waals surface area contributed by atoms with Crippen LogP contribution in [0.4, 0.5) is 0 Å². The highest BCUT2D eigenvalue weighted by Crippen LogP contribution is 2.07. The molecule has 0 aliphatic heterocycles. The zero-order valence-electron chi connectivity index (χ0n) is 92.1. The molecule has 0 fully saturated rings. The first-order chi connectivity index (χ1) is 62.2. The molecule has 15 rings (SSSR count). The Morgan fingerprint density at radius 2 is 0.623 bits per heavy atom. The summed E-state index contributed by atoms with van der Waals surface area (Å²) in [6.45, 7) is 105. The van der Waals surface area contributed by atoms with Gasteiger partial charge in [-0.1, -0.05) is 364 Å². The summed E-state index contributed by atoms with van der Waals surface area (Å²) in [5, 5.41) is 20.1. The van der Waals surface area contributed by atoms with Crippen molar-refractivity contribution >= 4 is 90.1 Å². The van der Waals surface area contributed by atoms with Gasteiger partial charge in [0.15, 0.2) is 10.6 Å². The predicted molar refractivity (Wildman–Crippen MR) is 591 cm³/mol. The summed E-state index contributed by atoms with van der Waals surface area (Å²) < 4.78 is 19.6. The molecular weight excluding hydrogens is 1710 g/mol. The first kappa shape index (κ1) is 155. The van der Waals surface area contributed by atoms with Gasteiger partial charge in [-0.2, -0.15) is 4.37 Å². The predicted octanol–water partition coefficient (Wildman–Crippen LogP) is 36.1. The molecule has 0 saturated carbocycles. The third-order valence-corrected chi connectivity index (χ3v) is 10.3. The highest BCUT2D eigenvalue weighted by Gasteiger charge is 1.94. The molecule has 0 saturated heterocycles. The number of aromatic nitrogens is 20. The van der Waals surface area contributed by atoms with Crippen LogP contribution in [-0.4, -0.2) is 96.7 Å². The Labute approximate surface area is 820 Å². The van der Waals surface area contributed by atoms with Crippen molar-refractivity contribution in [1.82, 2.24) is 96.7 Å². The minimum absolute atomic E-state index is 0.748. The summed E-state index contributed by atoms with van der Waals surface area (Å²) in [7, 11) is 0. The lowest BCUT2D eigenvalue weighted by Crippen LogP contribution is -1.82. The number of rotatable bonds is 0. The molecule has 0 amide bonds. The van der Waals surface area contributed by atoms with Crippen LogP contribution in [0.25, 0.3) is 33.1 Å². The molecule has 750 valence electrons. The topological polar surface area (TPSA) is 237 Å². The van der Waals surface area contributed by atoms with Crippen LogP contribution in [0.2, 0.25) is 0 Å². The lowest BCUT2D eigenvalue weighted by Gasteiger charge is -1.86. The Morgan fingerprint density at radius 3 is 0.923 bits per heavy atom. The maximum absolute atomic E-state index is 4.46. The van der Waals surface area contributed by atoms with Gasteiger partial charge in [0.25, 0.3) is 0 Å². The van der Waals surface area contributed by atoms with E-state index in [2.05, 4.69) is 291 Å². The van der Waals surface area contributed by atoms with E-state index >= 15 is 0 Å². The number of hydrogen-bond donors (Lipinski definition) is 0. The minimum Gasteiger partial charge on any atom is -0.307 e. The molecule has 14 heterocycles.